The molecule has 1 aliphatic heterocycles. The zero-order valence-electron chi connectivity index (χ0n) is 16.4. The van der Waals surface area contributed by atoms with Gasteiger partial charge in [0.1, 0.15) is 12.2 Å². The van der Waals surface area contributed by atoms with E-state index in [2.05, 4.69) is 42.3 Å². The number of rotatable bonds is 5. The van der Waals surface area contributed by atoms with Crippen molar-refractivity contribution in [2.45, 2.75) is 26.8 Å². The van der Waals surface area contributed by atoms with Crippen molar-refractivity contribution >= 4 is 17.5 Å². The normalized spacial score (nSPS) is 14.1. The molecule has 1 saturated heterocycles. The number of benzene rings is 2. The summed E-state index contributed by atoms with van der Waals surface area (Å²) < 4.78 is 13.6. The van der Waals surface area contributed by atoms with E-state index in [0.29, 0.717) is 18.7 Å². The molecule has 2 aromatic carbocycles. The third-order valence-corrected chi connectivity index (χ3v) is 5.29. The van der Waals surface area contributed by atoms with Crippen LogP contribution in [-0.4, -0.2) is 42.9 Å². The zero-order valence-corrected chi connectivity index (χ0v) is 16.4. The van der Waals surface area contributed by atoms with Crippen LogP contribution in [0.1, 0.15) is 23.1 Å². The highest BCUT2D eigenvalue weighted by Gasteiger charge is 2.23. The first kappa shape index (κ1) is 19.9. The van der Waals surface area contributed by atoms with E-state index in [1.165, 1.54) is 22.9 Å². The summed E-state index contributed by atoms with van der Waals surface area (Å²) in [6, 6.07) is 12.5. The lowest BCUT2D eigenvalue weighted by molar-refractivity contribution is -0.136. The van der Waals surface area contributed by atoms with Gasteiger partial charge in [-0.05, 0) is 37.1 Å². The predicted molar refractivity (Wildman–Crippen MR) is 108 cm³/mol. The van der Waals surface area contributed by atoms with Crippen molar-refractivity contribution in [2.75, 3.05) is 31.1 Å². The molecule has 1 fully saturated rings. The molecule has 1 heterocycles. The molecule has 0 unspecified atom stereocenters. The Labute approximate surface area is 165 Å². The fourth-order valence-corrected chi connectivity index (χ4v) is 3.42. The largest absolute Gasteiger partial charge is 0.368 e. The third kappa shape index (κ3) is 4.68. The molecule has 3 rings (SSSR count). The van der Waals surface area contributed by atoms with Gasteiger partial charge in [0.25, 0.3) is 0 Å². The smallest absolute Gasteiger partial charge is 0.232 e. The molecular formula is C22H26FN3O2. The molecule has 5 nitrogen and oxygen atoms in total. The lowest BCUT2D eigenvalue weighted by Crippen LogP contribution is -2.49. The molecule has 28 heavy (non-hydrogen) atoms. The number of hydrogen-bond acceptors (Lipinski definition) is 3. The number of anilines is 1. The first-order chi connectivity index (χ1) is 13.5. The lowest BCUT2D eigenvalue weighted by atomic mass is 10.1. The molecule has 0 aromatic heterocycles. The van der Waals surface area contributed by atoms with Crippen molar-refractivity contribution in [2.24, 2.45) is 0 Å². The summed E-state index contributed by atoms with van der Waals surface area (Å²) in [5.41, 5.74) is 4.12. The van der Waals surface area contributed by atoms with Crippen LogP contribution < -0.4 is 10.2 Å². The Balaban J connectivity index is 1.48. The standard InChI is InChI=1S/C22H26FN3O2/c1-16-6-5-9-20(17(16)2)25-10-12-26(13-11-25)22(28)14-21(27)24-15-18-7-3-4-8-19(18)23/h3-9H,10-15H2,1-2H3,(H,24,27). The van der Waals surface area contributed by atoms with Gasteiger partial charge in [0.05, 0.1) is 0 Å². The summed E-state index contributed by atoms with van der Waals surface area (Å²) >= 11 is 0. The molecule has 1 N–H and O–H groups in total. The monoisotopic (exact) mass is 383 g/mol. The first-order valence-electron chi connectivity index (χ1n) is 9.54. The van der Waals surface area contributed by atoms with Crippen LogP contribution in [0.3, 0.4) is 0 Å². The highest BCUT2D eigenvalue weighted by molar-refractivity contribution is 5.97. The van der Waals surface area contributed by atoms with Gasteiger partial charge in [-0.2, -0.15) is 0 Å². The molecule has 1 aliphatic rings. The number of piperazine rings is 1. The number of carbonyl (C=O) groups is 2. The van der Waals surface area contributed by atoms with Gasteiger partial charge in [0.2, 0.25) is 11.8 Å². The summed E-state index contributed by atoms with van der Waals surface area (Å²) in [5, 5.41) is 2.62. The van der Waals surface area contributed by atoms with Crippen LogP contribution in [0.2, 0.25) is 0 Å². The summed E-state index contributed by atoms with van der Waals surface area (Å²) in [6.45, 7) is 6.96. The highest BCUT2D eigenvalue weighted by Crippen LogP contribution is 2.24. The van der Waals surface area contributed by atoms with Crippen molar-refractivity contribution in [3.8, 4) is 0 Å². The van der Waals surface area contributed by atoms with Crippen LogP contribution in [-0.2, 0) is 16.1 Å². The summed E-state index contributed by atoms with van der Waals surface area (Å²) in [4.78, 5) is 28.5. The van der Waals surface area contributed by atoms with Gasteiger partial charge in [-0.1, -0.05) is 30.3 Å². The number of hydrogen-bond donors (Lipinski definition) is 1. The topological polar surface area (TPSA) is 52.7 Å². The molecule has 2 amide bonds. The third-order valence-electron chi connectivity index (χ3n) is 5.29. The van der Waals surface area contributed by atoms with E-state index in [9.17, 15) is 14.0 Å². The molecule has 2 aromatic rings. The maximum absolute atomic E-state index is 13.6. The molecule has 0 spiro atoms. The van der Waals surface area contributed by atoms with Crippen LogP contribution in [0.15, 0.2) is 42.5 Å². The van der Waals surface area contributed by atoms with Crippen molar-refractivity contribution in [3.05, 3.63) is 65.0 Å². The van der Waals surface area contributed by atoms with Crippen molar-refractivity contribution < 1.29 is 14.0 Å². The fraction of sp³-hybridized carbons (Fsp3) is 0.364. The minimum absolute atomic E-state index is 0.0825. The Kier molecular flexibility index (Phi) is 6.29. The van der Waals surface area contributed by atoms with Gasteiger partial charge >= 0.3 is 0 Å². The quantitative estimate of drug-likeness (QED) is 0.808. The van der Waals surface area contributed by atoms with Crippen molar-refractivity contribution in [3.63, 3.8) is 0 Å². The Hall–Kier alpha value is -2.89. The Bertz CT molecular complexity index is 861. The van der Waals surface area contributed by atoms with Crippen LogP contribution >= 0.6 is 0 Å². The van der Waals surface area contributed by atoms with Gasteiger partial charge < -0.3 is 15.1 Å². The number of amides is 2. The maximum atomic E-state index is 13.6. The van der Waals surface area contributed by atoms with Gasteiger partial charge in [0, 0.05) is 44.0 Å². The van der Waals surface area contributed by atoms with E-state index in [1.54, 1.807) is 23.1 Å². The number of carbonyl (C=O) groups excluding carboxylic acids is 2. The lowest BCUT2D eigenvalue weighted by Gasteiger charge is -2.37. The van der Waals surface area contributed by atoms with Crippen LogP contribution in [0, 0.1) is 19.7 Å². The average Bonchev–Trinajstić information content (AvgIpc) is 2.69. The zero-order chi connectivity index (χ0) is 20.1. The van der Waals surface area contributed by atoms with Crippen LogP contribution in [0.5, 0.6) is 0 Å². The van der Waals surface area contributed by atoms with E-state index >= 15 is 0 Å². The van der Waals surface area contributed by atoms with E-state index in [0.717, 1.165) is 13.1 Å². The van der Waals surface area contributed by atoms with Gasteiger partial charge in [-0.25, -0.2) is 4.39 Å². The van der Waals surface area contributed by atoms with Crippen molar-refractivity contribution in [1.82, 2.24) is 10.2 Å². The van der Waals surface area contributed by atoms with Crippen LogP contribution in [0.25, 0.3) is 0 Å². The van der Waals surface area contributed by atoms with E-state index in [4.69, 9.17) is 0 Å². The first-order valence-corrected chi connectivity index (χ1v) is 9.54. The van der Waals surface area contributed by atoms with Crippen molar-refractivity contribution in [1.29, 1.82) is 0 Å². The fourth-order valence-electron chi connectivity index (χ4n) is 3.42. The minimum Gasteiger partial charge on any atom is -0.368 e. The summed E-state index contributed by atoms with van der Waals surface area (Å²) in [7, 11) is 0. The second-order valence-electron chi connectivity index (χ2n) is 7.13. The minimum atomic E-state index is -0.384. The van der Waals surface area contributed by atoms with E-state index in [1.807, 2.05) is 0 Å². The number of halogens is 1. The SMILES string of the molecule is Cc1cccc(N2CCN(C(=O)CC(=O)NCc3ccccc3F)CC2)c1C. The predicted octanol–water partition coefficient (Wildman–Crippen LogP) is 2.80. The Morgan fingerprint density at radius 2 is 1.71 bits per heavy atom. The van der Waals surface area contributed by atoms with Gasteiger partial charge in [-0.15, -0.1) is 0 Å². The average molecular weight is 383 g/mol. The molecule has 0 atom stereocenters. The summed E-state index contributed by atoms with van der Waals surface area (Å²) in [5.74, 6) is -0.937. The van der Waals surface area contributed by atoms with Gasteiger partial charge in [0.15, 0.2) is 0 Å². The molecule has 0 saturated carbocycles. The maximum Gasteiger partial charge on any atom is 0.232 e. The Morgan fingerprint density at radius 1 is 1.00 bits per heavy atom. The Morgan fingerprint density at radius 3 is 2.43 bits per heavy atom. The molecule has 0 aliphatic carbocycles. The molecule has 148 valence electrons. The summed E-state index contributed by atoms with van der Waals surface area (Å²) in [6.07, 6.45) is -0.210. The molecule has 6 heteroatoms. The van der Waals surface area contributed by atoms with Gasteiger partial charge in [-0.3, -0.25) is 9.59 Å². The number of nitrogens with one attached hydrogen (secondary N) is 1. The molecule has 0 radical (unpaired) electrons. The van der Waals surface area contributed by atoms with Crippen LogP contribution in [0.4, 0.5) is 10.1 Å². The molecular weight excluding hydrogens is 357 g/mol. The molecule has 0 bridgehead atoms. The number of aryl methyl sites for hydroxylation is 1. The second kappa shape index (κ2) is 8.87. The van der Waals surface area contributed by atoms with E-state index in [-0.39, 0.29) is 30.6 Å². The van der Waals surface area contributed by atoms with E-state index < -0.39 is 0 Å². The second-order valence-corrected chi connectivity index (χ2v) is 7.13. The number of nitrogens with zero attached hydrogens (tertiary/aromatic N) is 2. The highest BCUT2D eigenvalue weighted by atomic mass is 19.1.